The Labute approximate surface area is 157 Å². The van der Waals surface area contributed by atoms with Crippen molar-refractivity contribution in [3.63, 3.8) is 0 Å². The average molecular weight is 367 g/mol. The number of carbonyl (C=O) groups is 2. The van der Waals surface area contributed by atoms with Crippen LogP contribution in [0.15, 0.2) is 54.6 Å². The molecule has 0 saturated carbocycles. The number of benzene rings is 2. The van der Waals surface area contributed by atoms with Crippen LogP contribution in [0.25, 0.3) is 0 Å². The van der Waals surface area contributed by atoms with Gasteiger partial charge in [-0.15, -0.1) is 0 Å². The van der Waals surface area contributed by atoms with E-state index >= 15 is 0 Å². The van der Waals surface area contributed by atoms with Gasteiger partial charge in [-0.3, -0.25) is 19.7 Å². The van der Waals surface area contributed by atoms with Crippen molar-refractivity contribution in [3.8, 4) is 0 Å². The van der Waals surface area contributed by atoms with Crippen LogP contribution < -0.4 is 5.32 Å². The van der Waals surface area contributed by atoms with Crippen LogP contribution in [-0.2, 0) is 4.79 Å². The zero-order valence-electron chi connectivity index (χ0n) is 15.0. The van der Waals surface area contributed by atoms with Crippen LogP contribution in [0.1, 0.15) is 41.7 Å². The minimum absolute atomic E-state index is 0.0101. The smallest absolute Gasteiger partial charge is 0.270 e. The van der Waals surface area contributed by atoms with Crippen LogP contribution in [0, 0.1) is 10.1 Å². The Balaban J connectivity index is 1.69. The monoisotopic (exact) mass is 367 g/mol. The molecule has 140 valence electrons. The van der Waals surface area contributed by atoms with Gasteiger partial charge in [0.1, 0.15) is 6.04 Å². The molecule has 7 heteroatoms. The molecule has 1 heterocycles. The van der Waals surface area contributed by atoms with E-state index < -0.39 is 16.9 Å². The first-order valence-corrected chi connectivity index (χ1v) is 8.88. The SMILES string of the molecule is CC(NC(=O)c1cccc([N+](=O)[O-])c1)C(=O)N1CCCC1c1ccccc1. The Kier molecular flexibility index (Phi) is 5.49. The lowest BCUT2D eigenvalue weighted by Crippen LogP contribution is -2.46. The van der Waals surface area contributed by atoms with E-state index in [1.165, 1.54) is 24.3 Å². The highest BCUT2D eigenvalue weighted by atomic mass is 16.6. The molecule has 2 aromatic rings. The number of nitro groups is 1. The summed E-state index contributed by atoms with van der Waals surface area (Å²) in [7, 11) is 0. The molecule has 27 heavy (non-hydrogen) atoms. The van der Waals surface area contributed by atoms with Gasteiger partial charge in [-0.1, -0.05) is 36.4 Å². The van der Waals surface area contributed by atoms with Crippen molar-refractivity contribution in [3.05, 3.63) is 75.8 Å². The van der Waals surface area contributed by atoms with Crippen molar-refractivity contribution in [2.45, 2.75) is 31.8 Å². The Morgan fingerprint density at radius 2 is 1.93 bits per heavy atom. The van der Waals surface area contributed by atoms with Gasteiger partial charge in [0.15, 0.2) is 0 Å². The van der Waals surface area contributed by atoms with E-state index in [9.17, 15) is 19.7 Å². The molecule has 0 aliphatic carbocycles. The van der Waals surface area contributed by atoms with Gasteiger partial charge in [0.2, 0.25) is 5.91 Å². The number of likely N-dealkylation sites (tertiary alicyclic amines) is 1. The first kappa shape index (κ1) is 18.6. The summed E-state index contributed by atoms with van der Waals surface area (Å²) in [6.45, 7) is 2.29. The van der Waals surface area contributed by atoms with E-state index in [0.717, 1.165) is 18.4 Å². The highest BCUT2D eigenvalue weighted by Gasteiger charge is 2.33. The van der Waals surface area contributed by atoms with Crippen LogP contribution in [-0.4, -0.2) is 34.2 Å². The molecule has 1 aliphatic heterocycles. The molecule has 1 fully saturated rings. The second kappa shape index (κ2) is 7.99. The first-order chi connectivity index (χ1) is 13.0. The Morgan fingerprint density at radius 3 is 2.63 bits per heavy atom. The van der Waals surface area contributed by atoms with Crippen molar-refractivity contribution >= 4 is 17.5 Å². The number of hydrogen-bond donors (Lipinski definition) is 1. The van der Waals surface area contributed by atoms with Crippen molar-refractivity contribution < 1.29 is 14.5 Å². The fourth-order valence-electron chi connectivity index (χ4n) is 3.40. The zero-order chi connectivity index (χ0) is 19.4. The molecule has 0 aromatic heterocycles. The summed E-state index contributed by atoms with van der Waals surface area (Å²) in [5.74, 6) is -0.657. The topological polar surface area (TPSA) is 92.5 Å². The van der Waals surface area contributed by atoms with E-state index in [-0.39, 0.29) is 23.2 Å². The van der Waals surface area contributed by atoms with Gasteiger partial charge in [0.25, 0.3) is 11.6 Å². The second-order valence-corrected chi connectivity index (χ2v) is 6.60. The third-order valence-electron chi connectivity index (χ3n) is 4.76. The zero-order valence-corrected chi connectivity index (χ0v) is 15.0. The van der Waals surface area contributed by atoms with E-state index in [2.05, 4.69) is 5.32 Å². The molecule has 0 spiro atoms. The van der Waals surface area contributed by atoms with Crippen molar-refractivity contribution in [2.24, 2.45) is 0 Å². The van der Waals surface area contributed by atoms with Gasteiger partial charge in [0.05, 0.1) is 11.0 Å². The molecule has 2 unspecified atom stereocenters. The van der Waals surface area contributed by atoms with E-state index in [1.807, 2.05) is 30.3 Å². The lowest BCUT2D eigenvalue weighted by molar-refractivity contribution is -0.384. The molecule has 0 radical (unpaired) electrons. The Morgan fingerprint density at radius 1 is 1.19 bits per heavy atom. The first-order valence-electron chi connectivity index (χ1n) is 8.88. The quantitative estimate of drug-likeness (QED) is 0.649. The molecule has 2 amide bonds. The van der Waals surface area contributed by atoms with Crippen LogP contribution in [0.5, 0.6) is 0 Å². The van der Waals surface area contributed by atoms with Gasteiger partial charge in [-0.05, 0) is 31.4 Å². The molecule has 2 atom stereocenters. The van der Waals surface area contributed by atoms with Gasteiger partial charge < -0.3 is 10.2 Å². The number of hydrogen-bond acceptors (Lipinski definition) is 4. The fourth-order valence-corrected chi connectivity index (χ4v) is 3.40. The lowest BCUT2D eigenvalue weighted by Gasteiger charge is -2.28. The largest absolute Gasteiger partial charge is 0.341 e. The normalized spacial score (nSPS) is 17.4. The molecular formula is C20H21N3O4. The number of nitrogens with zero attached hydrogens (tertiary/aromatic N) is 2. The summed E-state index contributed by atoms with van der Waals surface area (Å²) in [6.07, 6.45) is 1.80. The highest BCUT2D eigenvalue weighted by Crippen LogP contribution is 2.32. The lowest BCUT2D eigenvalue weighted by atomic mass is 10.0. The molecule has 2 aromatic carbocycles. The van der Waals surface area contributed by atoms with E-state index in [0.29, 0.717) is 6.54 Å². The molecule has 0 bridgehead atoms. The second-order valence-electron chi connectivity index (χ2n) is 6.60. The van der Waals surface area contributed by atoms with Crippen LogP contribution >= 0.6 is 0 Å². The van der Waals surface area contributed by atoms with Crippen LogP contribution in [0.2, 0.25) is 0 Å². The van der Waals surface area contributed by atoms with Crippen LogP contribution in [0.3, 0.4) is 0 Å². The van der Waals surface area contributed by atoms with Gasteiger partial charge >= 0.3 is 0 Å². The van der Waals surface area contributed by atoms with E-state index in [1.54, 1.807) is 11.8 Å². The van der Waals surface area contributed by atoms with E-state index in [4.69, 9.17) is 0 Å². The molecule has 7 nitrogen and oxygen atoms in total. The maximum absolute atomic E-state index is 12.9. The predicted octanol–water partition coefficient (Wildman–Crippen LogP) is 3.08. The predicted molar refractivity (Wildman–Crippen MR) is 100 cm³/mol. The standard InChI is InChI=1S/C20H21N3O4/c1-14(21-19(24)16-9-5-10-17(13-16)23(26)27)20(25)22-12-6-11-18(22)15-7-3-2-4-8-15/h2-5,7-10,13-14,18H,6,11-12H2,1H3,(H,21,24). The summed E-state index contributed by atoms with van der Waals surface area (Å²) < 4.78 is 0. The summed E-state index contributed by atoms with van der Waals surface area (Å²) in [4.78, 5) is 37.4. The fraction of sp³-hybridized carbons (Fsp3) is 0.300. The third kappa shape index (κ3) is 4.13. The maximum Gasteiger partial charge on any atom is 0.270 e. The number of non-ortho nitro benzene ring substituents is 1. The van der Waals surface area contributed by atoms with Gasteiger partial charge in [0, 0.05) is 24.2 Å². The number of carbonyl (C=O) groups excluding carboxylic acids is 2. The van der Waals surface area contributed by atoms with Gasteiger partial charge in [-0.25, -0.2) is 0 Å². The molecule has 1 aliphatic rings. The summed E-state index contributed by atoms with van der Waals surface area (Å²) in [5, 5.41) is 13.5. The Bertz CT molecular complexity index is 853. The maximum atomic E-state index is 12.9. The minimum atomic E-state index is -0.721. The number of nitro benzene ring substituents is 1. The summed E-state index contributed by atoms with van der Waals surface area (Å²) in [5.41, 5.74) is 1.08. The highest BCUT2D eigenvalue weighted by molar-refractivity contribution is 5.98. The molecule has 1 saturated heterocycles. The summed E-state index contributed by atoms with van der Waals surface area (Å²) in [6, 6.07) is 14.6. The van der Waals surface area contributed by atoms with Crippen LogP contribution in [0.4, 0.5) is 5.69 Å². The van der Waals surface area contributed by atoms with Crippen molar-refractivity contribution in [1.29, 1.82) is 0 Å². The molecular weight excluding hydrogens is 346 g/mol. The number of nitrogens with one attached hydrogen (secondary N) is 1. The Hall–Kier alpha value is -3.22. The molecule has 1 N–H and O–H groups in total. The third-order valence-corrected chi connectivity index (χ3v) is 4.76. The summed E-state index contributed by atoms with van der Waals surface area (Å²) >= 11 is 0. The number of amides is 2. The number of rotatable bonds is 5. The molecule has 3 rings (SSSR count). The van der Waals surface area contributed by atoms with Gasteiger partial charge in [-0.2, -0.15) is 0 Å². The average Bonchev–Trinajstić information content (AvgIpc) is 3.17. The van der Waals surface area contributed by atoms with Crippen molar-refractivity contribution in [1.82, 2.24) is 10.2 Å². The van der Waals surface area contributed by atoms with Crippen molar-refractivity contribution in [2.75, 3.05) is 6.54 Å². The minimum Gasteiger partial charge on any atom is -0.341 e.